The number of hydrogen-bond acceptors (Lipinski definition) is 5. The highest BCUT2D eigenvalue weighted by Crippen LogP contribution is 2.26. The van der Waals surface area contributed by atoms with Gasteiger partial charge in [-0.05, 0) is 18.6 Å². The van der Waals surface area contributed by atoms with E-state index in [2.05, 4.69) is 0 Å². The van der Waals surface area contributed by atoms with Crippen LogP contribution in [0.1, 0.15) is 31.6 Å². The molecule has 0 bridgehead atoms. The van der Waals surface area contributed by atoms with Crippen LogP contribution in [-0.2, 0) is 19.1 Å². The summed E-state index contributed by atoms with van der Waals surface area (Å²) in [6.07, 6.45) is -0.399. The highest BCUT2D eigenvalue weighted by molar-refractivity contribution is 5.92. The summed E-state index contributed by atoms with van der Waals surface area (Å²) < 4.78 is 15.4. The van der Waals surface area contributed by atoms with E-state index in [9.17, 15) is 9.59 Å². The lowest BCUT2D eigenvalue weighted by Crippen LogP contribution is -2.26. The van der Waals surface area contributed by atoms with Gasteiger partial charge >= 0.3 is 11.9 Å². The van der Waals surface area contributed by atoms with Crippen molar-refractivity contribution in [1.29, 1.82) is 0 Å². The Kier molecular flexibility index (Phi) is 3.82. The number of cyclic esters (lactones) is 2. The number of carbonyl (C=O) groups excluding carboxylic acids is 2. The standard InChI is InChI=1S/C13H14O5/c1-2-6-16-10-5-3-4-9(7-10)13-17-11(14)8-12(15)18-13/h3-5,7,13H,2,6,8H2,1H3. The number of esters is 2. The molecule has 2 rings (SSSR count). The first-order valence-electron chi connectivity index (χ1n) is 5.80. The van der Waals surface area contributed by atoms with Gasteiger partial charge in [-0.25, -0.2) is 0 Å². The second-order valence-electron chi connectivity index (χ2n) is 3.91. The molecule has 1 aromatic rings. The van der Waals surface area contributed by atoms with Crippen molar-refractivity contribution in [2.45, 2.75) is 26.1 Å². The Morgan fingerprint density at radius 3 is 2.67 bits per heavy atom. The number of rotatable bonds is 4. The first kappa shape index (κ1) is 12.4. The SMILES string of the molecule is CCCOc1cccc(C2OC(=O)CC(=O)O2)c1. The fourth-order valence-electron chi connectivity index (χ4n) is 1.57. The topological polar surface area (TPSA) is 61.8 Å². The van der Waals surface area contributed by atoms with Gasteiger partial charge in [-0.15, -0.1) is 0 Å². The minimum Gasteiger partial charge on any atom is -0.494 e. The molecule has 0 atom stereocenters. The van der Waals surface area contributed by atoms with Crippen LogP contribution in [0.2, 0.25) is 0 Å². The van der Waals surface area contributed by atoms with Gasteiger partial charge in [0.15, 0.2) is 0 Å². The van der Waals surface area contributed by atoms with Crippen molar-refractivity contribution in [3.63, 3.8) is 0 Å². The summed E-state index contributed by atoms with van der Waals surface area (Å²) in [4.78, 5) is 22.3. The van der Waals surface area contributed by atoms with E-state index in [-0.39, 0.29) is 6.42 Å². The van der Waals surface area contributed by atoms with Crippen molar-refractivity contribution < 1.29 is 23.8 Å². The highest BCUT2D eigenvalue weighted by Gasteiger charge is 2.29. The second-order valence-corrected chi connectivity index (χ2v) is 3.91. The summed E-state index contributed by atoms with van der Waals surface area (Å²) in [5.41, 5.74) is 0.588. The van der Waals surface area contributed by atoms with Crippen LogP contribution in [0.4, 0.5) is 0 Å². The van der Waals surface area contributed by atoms with E-state index in [0.29, 0.717) is 17.9 Å². The van der Waals surface area contributed by atoms with Crippen LogP contribution in [0.15, 0.2) is 24.3 Å². The molecular formula is C13H14O5. The molecule has 1 saturated heterocycles. The molecule has 0 aliphatic carbocycles. The molecule has 0 radical (unpaired) electrons. The van der Waals surface area contributed by atoms with Crippen LogP contribution in [-0.4, -0.2) is 18.5 Å². The van der Waals surface area contributed by atoms with E-state index in [1.54, 1.807) is 24.3 Å². The number of ether oxygens (including phenoxy) is 3. The maximum absolute atomic E-state index is 11.2. The van der Waals surface area contributed by atoms with E-state index < -0.39 is 18.2 Å². The molecule has 18 heavy (non-hydrogen) atoms. The summed E-state index contributed by atoms with van der Waals surface area (Å²) >= 11 is 0. The monoisotopic (exact) mass is 250 g/mol. The fourth-order valence-corrected chi connectivity index (χ4v) is 1.57. The van der Waals surface area contributed by atoms with E-state index in [4.69, 9.17) is 14.2 Å². The molecule has 0 aromatic heterocycles. The van der Waals surface area contributed by atoms with Gasteiger partial charge < -0.3 is 14.2 Å². The molecule has 1 fully saturated rings. The largest absolute Gasteiger partial charge is 0.494 e. The maximum Gasteiger partial charge on any atom is 0.320 e. The Morgan fingerprint density at radius 2 is 2.00 bits per heavy atom. The first-order chi connectivity index (χ1) is 8.69. The average Bonchev–Trinajstić information content (AvgIpc) is 2.35. The Bertz CT molecular complexity index is 438. The highest BCUT2D eigenvalue weighted by atomic mass is 16.7. The molecule has 0 amide bonds. The summed E-state index contributed by atoms with van der Waals surface area (Å²) in [7, 11) is 0. The van der Waals surface area contributed by atoms with Crippen LogP contribution in [0, 0.1) is 0 Å². The Morgan fingerprint density at radius 1 is 1.28 bits per heavy atom. The molecule has 1 aliphatic rings. The minimum atomic E-state index is -0.969. The van der Waals surface area contributed by atoms with Crippen LogP contribution in [0.5, 0.6) is 5.75 Å². The van der Waals surface area contributed by atoms with Gasteiger partial charge in [-0.3, -0.25) is 9.59 Å². The zero-order valence-electron chi connectivity index (χ0n) is 10.0. The molecule has 5 nitrogen and oxygen atoms in total. The van der Waals surface area contributed by atoms with Crippen LogP contribution in [0.25, 0.3) is 0 Å². The molecule has 0 saturated carbocycles. The zero-order chi connectivity index (χ0) is 13.0. The number of carbonyl (C=O) groups is 2. The molecule has 1 aromatic carbocycles. The van der Waals surface area contributed by atoms with Gasteiger partial charge in [-0.1, -0.05) is 19.1 Å². The molecule has 0 unspecified atom stereocenters. The predicted octanol–water partition coefficient (Wildman–Crippen LogP) is 1.96. The van der Waals surface area contributed by atoms with Gasteiger partial charge in [-0.2, -0.15) is 0 Å². The third-order valence-electron chi connectivity index (χ3n) is 2.37. The Labute approximate surface area is 105 Å². The van der Waals surface area contributed by atoms with Crippen molar-refractivity contribution in [3.05, 3.63) is 29.8 Å². The van der Waals surface area contributed by atoms with Crippen molar-refractivity contribution in [3.8, 4) is 5.75 Å². The van der Waals surface area contributed by atoms with Gasteiger partial charge in [0, 0.05) is 5.56 Å². The Hall–Kier alpha value is -2.04. The van der Waals surface area contributed by atoms with Gasteiger partial charge in [0.25, 0.3) is 6.29 Å². The fraction of sp³-hybridized carbons (Fsp3) is 0.385. The van der Waals surface area contributed by atoms with E-state index in [0.717, 1.165) is 6.42 Å². The van der Waals surface area contributed by atoms with Gasteiger partial charge in [0.05, 0.1) is 6.61 Å². The Balaban J connectivity index is 2.12. The summed E-state index contributed by atoms with van der Waals surface area (Å²) in [5.74, 6) is -0.487. The van der Waals surface area contributed by atoms with E-state index in [1.165, 1.54) is 0 Å². The quantitative estimate of drug-likeness (QED) is 0.604. The molecule has 5 heteroatoms. The summed E-state index contributed by atoms with van der Waals surface area (Å²) in [6, 6.07) is 6.98. The summed E-state index contributed by atoms with van der Waals surface area (Å²) in [6.45, 7) is 2.61. The van der Waals surface area contributed by atoms with Crippen LogP contribution >= 0.6 is 0 Å². The van der Waals surface area contributed by atoms with Gasteiger partial charge in [0.1, 0.15) is 12.2 Å². The molecule has 0 spiro atoms. The third kappa shape index (κ3) is 3.00. The van der Waals surface area contributed by atoms with Crippen LogP contribution in [0.3, 0.4) is 0 Å². The maximum atomic E-state index is 11.2. The zero-order valence-corrected chi connectivity index (χ0v) is 10.0. The van der Waals surface area contributed by atoms with Crippen molar-refractivity contribution in [1.82, 2.24) is 0 Å². The molecule has 1 heterocycles. The van der Waals surface area contributed by atoms with Crippen LogP contribution < -0.4 is 4.74 Å². The van der Waals surface area contributed by atoms with E-state index in [1.807, 2.05) is 6.92 Å². The lowest BCUT2D eigenvalue weighted by atomic mass is 10.2. The average molecular weight is 250 g/mol. The molecular weight excluding hydrogens is 236 g/mol. The van der Waals surface area contributed by atoms with Crippen molar-refractivity contribution in [2.24, 2.45) is 0 Å². The second kappa shape index (κ2) is 5.53. The number of hydrogen-bond donors (Lipinski definition) is 0. The molecule has 0 N–H and O–H groups in total. The lowest BCUT2D eigenvalue weighted by molar-refractivity contribution is -0.204. The van der Waals surface area contributed by atoms with Gasteiger partial charge in [0.2, 0.25) is 0 Å². The van der Waals surface area contributed by atoms with Crippen molar-refractivity contribution in [2.75, 3.05) is 6.61 Å². The third-order valence-corrected chi connectivity index (χ3v) is 2.37. The van der Waals surface area contributed by atoms with E-state index >= 15 is 0 Å². The first-order valence-corrected chi connectivity index (χ1v) is 5.80. The van der Waals surface area contributed by atoms with Crippen molar-refractivity contribution >= 4 is 11.9 Å². The normalized spacial score (nSPS) is 16.1. The molecule has 1 aliphatic heterocycles. The molecule has 96 valence electrons. The predicted molar refractivity (Wildman–Crippen MR) is 61.8 cm³/mol. The lowest BCUT2D eigenvalue weighted by Gasteiger charge is -2.22. The number of benzene rings is 1. The minimum absolute atomic E-state index is 0.331. The smallest absolute Gasteiger partial charge is 0.320 e. The summed E-state index contributed by atoms with van der Waals surface area (Å²) in [5, 5.41) is 0.